The lowest BCUT2D eigenvalue weighted by atomic mass is 10.1. The monoisotopic (exact) mass is 327 g/mol. The van der Waals surface area contributed by atoms with Crippen molar-refractivity contribution >= 4 is 11.8 Å². The molecule has 0 aliphatic heterocycles. The van der Waals surface area contributed by atoms with Crippen LogP contribution in [0.5, 0.6) is 5.75 Å². The molecule has 24 heavy (non-hydrogen) atoms. The minimum Gasteiger partial charge on any atom is -0.507 e. The molecule has 126 valence electrons. The van der Waals surface area contributed by atoms with Crippen LogP contribution in [0.15, 0.2) is 36.7 Å². The number of amides is 2. The largest absolute Gasteiger partial charge is 0.507 e. The molecule has 0 saturated heterocycles. The lowest BCUT2D eigenvalue weighted by Gasteiger charge is -2.10. The zero-order valence-corrected chi connectivity index (χ0v) is 13.8. The summed E-state index contributed by atoms with van der Waals surface area (Å²) in [4.78, 5) is 27.8. The molecule has 0 aliphatic rings. The molecule has 0 aliphatic carbocycles. The maximum atomic E-state index is 12.1. The van der Waals surface area contributed by atoms with Gasteiger partial charge in [0.1, 0.15) is 5.75 Å². The summed E-state index contributed by atoms with van der Waals surface area (Å²) in [6.07, 6.45) is 3.50. The van der Waals surface area contributed by atoms with Crippen LogP contribution in [0.25, 0.3) is 0 Å². The first kappa shape index (κ1) is 17.5. The van der Waals surface area contributed by atoms with Gasteiger partial charge in [0.15, 0.2) is 0 Å². The van der Waals surface area contributed by atoms with Gasteiger partial charge in [-0.2, -0.15) is 0 Å². The van der Waals surface area contributed by atoms with E-state index in [1.54, 1.807) is 31.5 Å². The second-order valence-electron chi connectivity index (χ2n) is 5.62. The molecule has 0 saturated carbocycles. The number of rotatable bonds is 6. The third-order valence-electron chi connectivity index (χ3n) is 3.57. The number of hydrogen-bond acceptors (Lipinski definition) is 4. The summed E-state index contributed by atoms with van der Waals surface area (Å²) in [5.74, 6) is -0.571. The summed E-state index contributed by atoms with van der Waals surface area (Å²) in [6.45, 7) is 4.22. The van der Waals surface area contributed by atoms with Crippen molar-refractivity contribution < 1.29 is 14.7 Å². The molecule has 6 nitrogen and oxygen atoms in total. The van der Waals surface area contributed by atoms with Crippen molar-refractivity contribution in [1.29, 1.82) is 0 Å². The lowest BCUT2D eigenvalue weighted by Crippen LogP contribution is -2.30. The Morgan fingerprint density at radius 1 is 1.12 bits per heavy atom. The standard InChI is InChI=1S/C18H21N3O3/c1-12-9-13(2)17(23)15(10-12)18(24)20-8-5-16(22)21-11-14-3-6-19-7-4-14/h3-4,6-7,9-10,23H,5,8,11H2,1-2H3,(H,20,24)(H,21,22). The number of nitrogens with zero attached hydrogens (tertiary/aromatic N) is 1. The summed E-state index contributed by atoms with van der Waals surface area (Å²) in [5.41, 5.74) is 2.73. The number of carbonyl (C=O) groups excluding carboxylic acids is 2. The SMILES string of the molecule is Cc1cc(C)c(O)c(C(=O)NCCC(=O)NCc2ccncc2)c1. The first-order chi connectivity index (χ1) is 11.5. The molecule has 0 radical (unpaired) electrons. The number of aromatic hydroxyl groups is 1. The number of nitrogens with one attached hydrogen (secondary N) is 2. The Hall–Kier alpha value is -2.89. The number of phenolic OH excluding ortho intramolecular Hbond substituents is 1. The van der Waals surface area contributed by atoms with Gasteiger partial charge in [-0.25, -0.2) is 0 Å². The molecular weight excluding hydrogens is 306 g/mol. The molecule has 0 unspecified atom stereocenters. The number of carbonyl (C=O) groups is 2. The van der Waals surface area contributed by atoms with E-state index in [0.717, 1.165) is 11.1 Å². The first-order valence-corrected chi connectivity index (χ1v) is 7.71. The van der Waals surface area contributed by atoms with Crippen molar-refractivity contribution in [2.75, 3.05) is 6.54 Å². The number of benzene rings is 1. The van der Waals surface area contributed by atoms with Crippen molar-refractivity contribution in [1.82, 2.24) is 15.6 Å². The van der Waals surface area contributed by atoms with Crippen LogP contribution < -0.4 is 10.6 Å². The summed E-state index contributed by atoms with van der Waals surface area (Å²) >= 11 is 0. The van der Waals surface area contributed by atoms with Crippen molar-refractivity contribution in [3.05, 3.63) is 58.9 Å². The second-order valence-corrected chi connectivity index (χ2v) is 5.62. The topological polar surface area (TPSA) is 91.3 Å². The van der Waals surface area contributed by atoms with Gasteiger partial charge in [0.2, 0.25) is 5.91 Å². The van der Waals surface area contributed by atoms with E-state index in [0.29, 0.717) is 12.1 Å². The Morgan fingerprint density at radius 3 is 2.54 bits per heavy atom. The van der Waals surface area contributed by atoms with Crippen molar-refractivity contribution in [3.8, 4) is 5.75 Å². The molecule has 0 fully saturated rings. The summed E-state index contributed by atoms with van der Waals surface area (Å²) in [7, 11) is 0. The van der Waals surface area contributed by atoms with Crippen LogP contribution in [0, 0.1) is 13.8 Å². The molecule has 2 amide bonds. The van der Waals surface area contributed by atoms with Crippen LogP contribution in [0.2, 0.25) is 0 Å². The third kappa shape index (κ3) is 4.81. The highest BCUT2D eigenvalue weighted by molar-refractivity contribution is 5.97. The average molecular weight is 327 g/mol. The minimum atomic E-state index is -0.388. The van der Waals surface area contributed by atoms with E-state index in [4.69, 9.17) is 0 Å². The fraction of sp³-hybridized carbons (Fsp3) is 0.278. The number of aryl methyl sites for hydroxylation is 2. The maximum Gasteiger partial charge on any atom is 0.255 e. The van der Waals surface area contributed by atoms with Crippen LogP contribution in [-0.2, 0) is 11.3 Å². The smallest absolute Gasteiger partial charge is 0.255 e. The van der Waals surface area contributed by atoms with E-state index in [1.807, 2.05) is 19.1 Å². The van der Waals surface area contributed by atoms with Gasteiger partial charge in [-0.15, -0.1) is 0 Å². The quantitative estimate of drug-likeness (QED) is 0.755. The third-order valence-corrected chi connectivity index (χ3v) is 3.57. The zero-order valence-electron chi connectivity index (χ0n) is 13.8. The van der Waals surface area contributed by atoms with Crippen LogP contribution >= 0.6 is 0 Å². The molecule has 1 heterocycles. The molecule has 6 heteroatoms. The Kier molecular flexibility index (Phi) is 5.89. The van der Waals surface area contributed by atoms with E-state index in [1.165, 1.54) is 0 Å². The molecule has 0 atom stereocenters. The predicted octanol–water partition coefficient (Wildman–Crippen LogP) is 1.84. The van der Waals surface area contributed by atoms with Gasteiger partial charge in [0.05, 0.1) is 5.56 Å². The van der Waals surface area contributed by atoms with Gasteiger partial charge in [0.25, 0.3) is 5.91 Å². The second kappa shape index (κ2) is 8.10. The molecule has 2 aromatic rings. The summed E-state index contributed by atoms with van der Waals surface area (Å²) < 4.78 is 0. The van der Waals surface area contributed by atoms with E-state index in [-0.39, 0.29) is 36.1 Å². The summed E-state index contributed by atoms with van der Waals surface area (Å²) in [6, 6.07) is 7.08. The van der Waals surface area contributed by atoms with E-state index in [9.17, 15) is 14.7 Å². The van der Waals surface area contributed by atoms with Crippen LogP contribution in [-0.4, -0.2) is 28.4 Å². The Labute approximate surface area is 140 Å². The lowest BCUT2D eigenvalue weighted by molar-refractivity contribution is -0.121. The highest BCUT2D eigenvalue weighted by Gasteiger charge is 2.13. The Bertz CT molecular complexity index is 730. The number of pyridine rings is 1. The molecule has 1 aromatic carbocycles. The maximum absolute atomic E-state index is 12.1. The molecule has 0 bridgehead atoms. The molecule has 2 rings (SSSR count). The predicted molar refractivity (Wildman–Crippen MR) is 90.6 cm³/mol. The van der Waals surface area contributed by atoms with Gasteiger partial charge in [-0.1, -0.05) is 6.07 Å². The fourth-order valence-electron chi connectivity index (χ4n) is 2.31. The van der Waals surface area contributed by atoms with E-state index >= 15 is 0 Å². The van der Waals surface area contributed by atoms with Gasteiger partial charge in [0, 0.05) is 31.9 Å². The zero-order chi connectivity index (χ0) is 17.5. The molecular formula is C18H21N3O3. The van der Waals surface area contributed by atoms with E-state index in [2.05, 4.69) is 15.6 Å². The molecule has 3 N–H and O–H groups in total. The van der Waals surface area contributed by atoms with Gasteiger partial charge in [-0.3, -0.25) is 14.6 Å². The fourth-order valence-corrected chi connectivity index (χ4v) is 2.31. The summed E-state index contributed by atoms with van der Waals surface area (Å²) in [5, 5.41) is 15.4. The highest BCUT2D eigenvalue weighted by atomic mass is 16.3. The number of aromatic nitrogens is 1. The van der Waals surface area contributed by atoms with Gasteiger partial charge < -0.3 is 15.7 Å². The van der Waals surface area contributed by atoms with Crippen molar-refractivity contribution in [3.63, 3.8) is 0 Å². The minimum absolute atomic E-state index is 0.0276. The van der Waals surface area contributed by atoms with E-state index < -0.39 is 0 Å². The van der Waals surface area contributed by atoms with Gasteiger partial charge >= 0.3 is 0 Å². The highest BCUT2D eigenvalue weighted by Crippen LogP contribution is 2.23. The van der Waals surface area contributed by atoms with Crippen LogP contribution in [0.4, 0.5) is 0 Å². The average Bonchev–Trinajstić information content (AvgIpc) is 2.57. The van der Waals surface area contributed by atoms with Crippen LogP contribution in [0.3, 0.4) is 0 Å². The van der Waals surface area contributed by atoms with Crippen molar-refractivity contribution in [2.45, 2.75) is 26.8 Å². The number of phenols is 1. The molecule has 1 aromatic heterocycles. The van der Waals surface area contributed by atoms with Gasteiger partial charge in [-0.05, 0) is 48.7 Å². The molecule has 0 spiro atoms. The number of hydrogen-bond donors (Lipinski definition) is 3. The Balaban J connectivity index is 1.79. The Morgan fingerprint density at radius 2 is 1.83 bits per heavy atom. The normalized spacial score (nSPS) is 10.2. The van der Waals surface area contributed by atoms with Crippen molar-refractivity contribution in [2.24, 2.45) is 0 Å². The van der Waals surface area contributed by atoms with Crippen LogP contribution in [0.1, 0.15) is 33.5 Å². The first-order valence-electron chi connectivity index (χ1n) is 7.71.